The van der Waals surface area contributed by atoms with E-state index in [-0.39, 0.29) is 49.2 Å². The predicted octanol–water partition coefficient (Wildman–Crippen LogP) is 2.01. The summed E-state index contributed by atoms with van der Waals surface area (Å²) < 4.78 is 5.38. The fourth-order valence-corrected chi connectivity index (χ4v) is 4.28. The largest absolute Gasteiger partial charge is 0.482 e. The van der Waals surface area contributed by atoms with Crippen LogP contribution >= 0.6 is 0 Å². The Hall–Kier alpha value is -3.10. The average molecular weight is 414 g/mol. The Balaban J connectivity index is 1.32. The fraction of sp³-hybridized carbons (Fsp3) is 0.524. The summed E-state index contributed by atoms with van der Waals surface area (Å²) in [6.07, 6.45) is 5.24. The van der Waals surface area contributed by atoms with E-state index in [1.54, 1.807) is 25.2 Å². The Labute approximate surface area is 174 Å². The number of hydrogen-bond donors (Lipinski definition) is 2. The summed E-state index contributed by atoms with van der Waals surface area (Å²) in [6, 6.07) is 4.05. The van der Waals surface area contributed by atoms with Gasteiger partial charge in [-0.25, -0.2) is 4.79 Å². The zero-order chi connectivity index (χ0) is 21.3. The third-order valence-electron chi connectivity index (χ3n) is 5.98. The first kappa shape index (κ1) is 20.2. The van der Waals surface area contributed by atoms with E-state index in [4.69, 9.17) is 4.74 Å². The van der Waals surface area contributed by atoms with Crippen molar-refractivity contribution >= 4 is 35.1 Å². The van der Waals surface area contributed by atoms with Crippen LogP contribution in [0.4, 0.5) is 16.2 Å². The molecule has 1 aliphatic carbocycles. The number of hydrogen-bond acceptors (Lipinski definition) is 5. The zero-order valence-corrected chi connectivity index (χ0v) is 17.0. The van der Waals surface area contributed by atoms with Crippen LogP contribution in [-0.4, -0.2) is 54.4 Å². The maximum Gasteiger partial charge on any atom is 0.325 e. The number of carbonyl (C=O) groups is 4. The number of anilines is 2. The standard InChI is InChI=1S/C21H26N4O5/c1-24-16-11-13(7-9-17(16)30-12-19(24)27)22-18(26)10-8-15-20(28)25(21(29)23-15)14-5-3-2-4-6-14/h7,9,11,14-15H,2-6,8,10,12H2,1H3,(H,22,26)(H,23,29)/t15-/m1/s1. The topological polar surface area (TPSA) is 108 Å². The van der Waals surface area contributed by atoms with Crippen molar-refractivity contribution in [2.45, 2.75) is 57.0 Å². The maximum atomic E-state index is 12.7. The lowest BCUT2D eigenvalue weighted by Crippen LogP contribution is -2.42. The van der Waals surface area contributed by atoms with Gasteiger partial charge in [-0.05, 0) is 37.5 Å². The minimum atomic E-state index is -0.661. The lowest BCUT2D eigenvalue weighted by atomic mass is 9.94. The van der Waals surface area contributed by atoms with E-state index >= 15 is 0 Å². The van der Waals surface area contributed by atoms with Crippen LogP contribution in [0.3, 0.4) is 0 Å². The molecule has 30 heavy (non-hydrogen) atoms. The highest BCUT2D eigenvalue weighted by molar-refractivity contribution is 6.05. The summed E-state index contributed by atoms with van der Waals surface area (Å²) in [7, 11) is 1.65. The van der Waals surface area contributed by atoms with Gasteiger partial charge in [-0.3, -0.25) is 19.3 Å². The number of likely N-dealkylation sites (N-methyl/N-ethyl adjacent to an activating group) is 1. The minimum absolute atomic E-state index is 0.00574. The van der Waals surface area contributed by atoms with Crippen LogP contribution in [0.15, 0.2) is 18.2 Å². The molecule has 9 heteroatoms. The number of ether oxygens (including phenoxy) is 1. The van der Waals surface area contributed by atoms with Gasteiger partial charge in [-0.1, -0.05) is 19.3 Å². The van der Waals surface area contributed by atoms with Crippen molar-refractivity contribution in [2.24, 2.45) is 0 Å². The van der Waals surface area contributed by atoms with E-state index < -0.39 is 6.04 Å². The van der Waals surface area contributed by atoms with Crippen LogP contribution in [0.5, 0.6) is 5.75 Å². The smallest absolute Gasteiger partial charge is 0.325 e. The molecule has 1 aromatic rings. The first-order valence-electron chi connectivity index (χ1n) is 10.4. The number of nitrogens with zero attached hydrogens (tertiary/aromatic N) is 2. The Kier molecular flexibility index (Phi) is 5.61. The van der Waals surface area contributed by atoms with Gasteiger partial charge >= 0.3 is 6.03 Å². The van der Waals surface area contributed by atoms with Crippen molar-refractivity contribution in [3.63, 3.8) is 0 Å². The number of nitrogens with one attached hydrogen (secondary N) is 2. The first-order valence-corrected chi connectivity index (χ1v) is 10.4. The molecule has 160 valence electrons. The average Bonchev–Trinajstić information content (AvgIpc) is 3.03. The Morgan fingerprint density at radius 1 is 1.20 bits per heavy atom. The molecule has 2 N–H and O–H groups in total. The molecule has 0 unspecified atom stereocenters. The highest BCUT2D eigenvalue weighted by Gasteiger charge is 2.42. The van der Waals surface area contributed by atoms with Gasteiger partial charge in [0.05, 0.1) is 5.69 Å². The van der Waals surface area contributed by atoms with E-state index in [0.717, 1.165) is 32.1 Å². The maximum absolute atomic E-state index is 12.7. The van der Waals surface area contributed by atoms with Gasteiger partial charge in [0.1, 0.15) is 11.8 Å². The molecule has 2 fully saturated rings. The Morgan fingerprint density at radius 3 is 2.73 bits per heavy atom. The number of imide groups is 1. The second-order valence-electron chi connectivity index (χ2n) is 8.01. The predicted molar refractivity (Wildman–Crippen MR) is 109 cm³/mol. The molecule has 1 saturated heterocycles. The van der Waals surface area contributed by atoms with Crippen LogP contribution in [0.2, 0.25) is 0 Å². The molecule has 0 spiro atoms. The number of carbonyl (C=O) groups excluding carboxylic acids is 4. The molecule has 9 nitrogen and oxygen atoms in total. The Morgan fingerprint density at radius 2 is 1.97 bits per heavy atom. The molecular formula is C21H26N4O5. The zero-order valence-electron chi connectivity index (χ0n) is 17.0. The van der Waals surface area contributed by atoms with Crippen molar-refractivity contribution in [3.8, 4) is 5.75 Å². The van der Waals surface area contributed by atoms with Gasteiger partial charge in [0.25, 0.3) is 11.8 Å². The molecule has 1 atom stereocenters. The quantitative estimate of drug-likeness (QED) is 0.717. The normalized spacial score (nSPS) is 21.9. The summed E-state index contributed by atoms with van der Waals surface area (Å²) in [4.78, 5) is 52.0. The number of urea groups is 1. The molecule has 0 radical (unpaired) electrons. The van der Waals surface area contributed by atoms with Crippen LogP contribution in [0.1, 0.15) is 44.9 Å². The number of rotatable bonds is 5. The van der Waals surface area contributed by atoms with Gasteiger partial charge in [0, 0.05) is 25.2 Å². The van der Waals surface area contributed by atoms with Gasteiger partial charge < -0.3 is 20.3 Å². The van der Waals surface area contributed by atoms with Gasteiger partial charge in [-0.15, -0.1) is 0 Å². The molecule has 5 amide bonds. The van der Waals surface area contributed by atoms with E-state index in [1.807, 2.05) is 0 Å². The molecule has 4 rings (SSSR count). The number of amides is 5. The highest BCUT2D eigenvalue weighted by atomic mass is 16.5. The van der Waals surface area contributed by atoms with Gasteiger partial charge in [0.2, 0.25) is 5.91 Å². The third kappa shape index (κ3) is 3.96. The van der Waals surface area contributed by atoms with Crippen LogP contribution in [-0.2, 0) is 14.4 Å². The van der Waals surface area contributed by atoms with Crippen LogP contribution < -0.4 is 20.3 Å². The third-order valence-corrected chi connectivity index (χ3v) is 5.98. The highest BCUT2D eigenvalue weighted by Crippen LogP contribution is 2.33. The lowest BCUT2D eigenvalue weighted by molar-refractivity contribution is -0.129. The van der Waals surface area contributed by atoms with Crippen LogP contribution in [0.25, 0.3) is 0 Å². The summed E-state index contributed by atoms with van der Waals surface area (Å²) >= 11 is 0. The molecule has 1 aromatic carbocycles. The second kappa shape index (κ2) is 8.33. The molecule has 2 aliphatic heterocycles. The van der Waals surface area contributed by atoms with E-state index in [2.05, 4.69) is 10.6 Å². The van der Waals surface area contributed by atoms with Crippen molar-refractivity contribution < 1.29 is 23.9 Å². The molecule has 0 bridgehead atoms. The summed E-state index contributed by atoms with van der Waals surface area (Å²) in [6.45, 7) is -0.00574. The molecule has 2 heterocycles. The van der Waals surface area contributed by atoms with E-state index in [9.17, 15) is 19.2 Å². The van der Waals surface area contributed by atoms with E-state index in [0.29, 0.717) is 17.1 Å². The SMILES string of the molecule is CN1C(=O)COc2ccc(NC(=O)CC[C@H]3NC(=O)N(C4CCCCC4)C3=O)cc21. The summed E-state index contributed by atoms with van der Waals surface area (Å²) in [5.41, 5.74) is 1.12. The van der Waals surface area contributed by atoms with Crippen molar-refractivity contribution in [1.82, 2.24) is 10.2 Å². The van der Waals surface area contributed by atoms with Gasteiger partial charge in [-0.2, -0.15) is 0 Å². The number of benzene rings is 1. The molecule has 0 aromatic heterocycles. The summed E-state index contributed by atoms with van der Waals surface area (Å²) in [5, 5.41) is 5.50. The minimum Gasteiger partial charge on any atom is -0.482 e. The Bertz CT molecular complexity index is 880. The molecule has 1 saturated carbocycles. The van der Waals surface area contributed by atoms with Crippen molar-refractivity contribution in [3.05, 3.63) is 18.2 Å². The summed E-state index contributed by atoms with van der Waals surface area (Å²) in [5.74, 6) is -0.0780. The van der Waals surface area contributed by atoms with Crippen molar-refractivity contribution in [2.75, 3.05) is 23.9 Å². The monoisotopic (exact) mass is 414 g/mol. The van der Waals surface area contributed by atoms with Gasteiger partial charge in [0.15, 0.2) is 6.61 Å². The lowest BCUT2D eigenvalue weighted by Gasteiger charge is -2.28. The van der Waals surface area contributed by atoms with Crippen LogP contribution in [0, 0.1) is 0 Å². The number of fused-ring (bicyclic) bond motifs is 1. The molecular weight excluding hydrogens is 388 g/mol. The fourth-order valence-electron chi connectivity index (χ4n) is 4.28. The van der Waals surface area contributed by atoms with Crippen molar-refractivity contribution in [1.29, 1.82) is 0 Å². The second-order valence-corrected chi connectivity index (χ2v) is 8.01. The first-order chi connectivity index (χ1) is 14.4. The molecule has 3 aliphatic rings. The van der Waals surface area contributed by atoms with E-state index in [1.165, 1.54) is 9.80 Å².